The van der Waals surface area contributed by atoms with E-state index >= 15 is 0 Å². The van der Waals surface area contributed by atoms with E-state index in [1.54, 1.807) is 0 Å². The Morgan fingerprint density at radius 3 is 2.55 bits per heavy atom. The Balaban J connectivity index is 2.01. The minimum Gasteiger partial charge on any atom is -0.334 e. The Kier molecular flexibility index (Phi) is 2.37. The topological polar surface area (TPSA) is 4.93 Å². The molecule has 0 aliphatic heterocycles. The Hall–Kier alpha value is -2.28. The lowest BCUT2D eigenvalue weighted by molar-refractivity contribution is 0.714. The summed E-state index contributed by atoms with van der Waals surface area (Å²) in [6, 6.07) is 17.7. The zero-order chi connectivity index (χ0) is 13.7. The molecule has 0 radical (unpaired) electrons. The number of para-hydroxylation sites is 1. The zero-order valence-corrected chi connectivity index (χ0v) is 11.8. The summed E-state index contributed by atoms with van der Waals surface area (Å²) in [7, 11) is 0. The highest BCUT2D eigenvalue weighted by Crippen LogP contribution is 2.36. The second-order valence-corrected chi connectivity index (χ2v) is 5.53. The summed E-state index contributed by atoms with van der Waals surface area (Å²) in [6.45, 7) is 4.45. The van der Waals surface area contributed by atoms with Crippen LogP contribution in [-0.2, 0) is 0 Å². The van der Waals surface area contributed by atoms with Crippen LogP contribution >= 0.6 is 0 Å². The fourth-order valence-corrected chi connectivity index (χ4v) is 3.37. The molecule has 1 aliphatic carbocycles. The molecular weight excluding hydrogens is 242 g/mol. The quantitative estimate of drug-likeness (QED) is 0.587. The van der Waals surface area contributed by atoms with Crippen molar-refractivity contribution in [3.63, 3.8) is 0 Å². The van der Waals surface area contributed by atoms with Crippen LogP contribution < -0.4 is 0 Å². The molecule has 1 nitrogen and oxygen atoms in total. The normalized spacial score (nSPS) is 16.8. The lowest BCUT2D eigenvalue weighted by Gasteiger charge is -2.17. The van der Waals surface area contributed by atoms with E-state index in [0.29, 0.717) is 6.04 Å². The molecule has 0 saturated carbocycles. The van der Waals surface area contributed by atoms with Crippen LogP contribution in [0.2, 0.25) is 0 Å². The van der Waals surface area contributed by atoms with Gasteiger partial charge in [-0.25, -0.2) is 0 Å². The maximum Gasteiger partial charge on any atom is 0.0781 e. The van der Waals surface area contributed by atoms with E-state index in [0.717, 1.165) is 0 Å². The zero-order valence-electron chi connectivity index (χ0n) is 11.8. The summed E-state index contributed by atoms with van der Waals surface area (Å²) < 4.78 is 2.47. The van der Waals surface area contributed by atoms with Gasteiger partial charge in [-0.2, -0.15) is 0 Å². The molecule has 1 unspecified atom stereocenters. The number of aryl methyl sites for hydroxylation is 1. The van der Waals surface area contributed by atoms with Gasteiger partial charge in [0.2, 0.25) is 0 Å². The van der Waals surface area contributed by atoms with E-state index in [-0.39, 0.29) is 0 Å². The largest absolute Gasteiger partial charge is 0.334 e. The summed E-state index contributed by atoms with van der Waals surface area (Å²) >= 11 is 0. The molecule has 0 fully saturated rings. The highest BCUT2D eigenvalue weighted by molar-refractivity contribution is 5.86. The first kappa shape index (κ1) is 11.5. The second kappa shape index (κ2) is 4.11. The van der Waals surface area contributed by atoms with Gasteiger partial charge in [-0.05, 0) is 36.6 Å². The molecule has 1 aromatic heterocycles. The van der Waals surface area contributed by atoms with E-state index in [4.69, 9.17) is 0 Å². The molecule has 20 heavy (non-hydrogen) atoms. The number of fused-ring (bicyclic) bond motifs is 2. The van der Waals surface area contributed by atoms with Crippen molar-refractivity contribution in [1.29, 1.82) is 0 Å². The summed E-state index contributed by atoms with van der Waals surface area (Å²) in [5.74, 6) is 0. The summed E-state index contributed by atoms with van der Waals surface area (Å²) in [5.41, 5.74) is 6.81. The van der Waals surface area contributed by atoms with Crippen molar-refractivity contribution >= 4 is 17.0 Å². The standard InChI is InChI=1S/C19H17N/c1-13-14(2)20(18-10-6-5-8-16(13)18)19-12-11-15-7-3-4-9-17(15)19/h3-12,19H,1-2H3. The summed E-state index contributed by atoms with van der Waals surface area (Å²) in [5, 5.41) is 1.36. The minimum atomic E-state index is 0.324. The first-order valence-corrected chi connectivity index (χ1v) is 7.10. The van der Waals surface area contributed by atoms with Crippen LogP contribution in [0, 0.1) is 13.8 Å². The Morgan fingerprint density at radius 2 is 1.65 bits per heavy atom. The van der Waals surface area contributed by atoms with Crippen LogP contribution in [-0.4, -0.2) is 4.57 Å². The van der Waals surface area contributed by atoms with Gasteiger partial charge in [0, 0.05) is 16.6 Å². The smallest absolute Gasteiger partial charge is 0.0781 e. The monoisotopic (exact) mass is 259 g/mol. The number of hydrogen-bond acceptors (Lipinski definition) is 0. The van der Waals surface area contributed by atoms with Crippen molar-refractivity contribution < 1.29 is 0 Å². The lowest BCUT2D eigenvalue weighted by atomic mass is 10.1. The highest BCUT2D eigenvalue weighted by Gasteiger charge is 2.22. The Morgan fingerprint density at radius 1 is 0.900 bits per heavy atom. The number of hydrogen-bond donors (Lipinski definition) is 0. The molecule has 0 saturated heterocycles. The number of allylic oxidation sites excluding steroid dienone is 1. The van der Waals surface area contributed by atoms with Crippen LogP contribution in [0.3, 0.4) is 0 Å². The van der Waals surface area contributed by atoms with Crippen molar-refractivity contribution in [1.82, 2.24) is 4.57 Å². The third-order valence-electron chi connectivity index (χ3n) is 4.52. The molecule has 0 bridgehead atoms. The molecule has 1 heteroatoms. The Bertz CT molecular complexity index is 836. The van der Waals surface area contributed by atoms with Crippen molar-refractivity contribution in [2.45, 2.75) is 19.9 Å². The van der Waals surface area contributed by atoms with Gasteiger partial charge in [-0.3, -0.25) is 0 Å². The second-order valence-electron chi connectivity index (χ2n) is 5.53. The summed E-state index contributed by atoms with van der Waals surface area (Å²) in [6.07, 6.45) is 4.55. The van der Waals surface area contributed by atoms with Crippen LogP contribution in [0.15, 0.2) is 54.6 Å². The predicted octanol–water partition coefficient (Wildman–Crippen LogP) is 4.87. The van der Waals surface area contributed by atoms with Gasteiger partial charge >= 0.3 is 0 Å². The van der Waals surface area contributed by atoms with Gasteiger partial charge in [0.1, 0.15) is 0 Å². The van der Waals surface area contributed by atoms with Crippen molar-refractivity contribution in [3.8, 4) is 0 Å². The number of aromatic nitrogens is 1. The van der Waals surface area contributed by atoms with E-state index in [2.05, 4.69) is 79.1 Å². The van der Waals surface area contributed by atoms with Crippen molar-refractivity contribution in [2.24, 2.45) is 0 Å². The first-order chi connectivity index (χ1) is 9.77. The van der Waals surface area contributed by atoms with Gasteiger partial charge in [-0.1, -0.05) is 54.6 Å². The number of rotatable bonds is 1. The maximum absolute atomic E-state index is 2.47. The van der Waals surface area contributed by atoms with Crippen LogP contribution in [0.25, 0.3) is 17.0 Å². The average molecular weight is 259 g/mol. The molecule has 0 spiro atoms. The lowest BCUT2D eigenvalue weighted by Crippen LogP contribution is -2.08. The van der Waals surface area contributed by atoms with Crippen molar-refractivity contribution in [3.05, 3.63) is 77.0 Å². The van der Waals surface area contributed by atoms with Gasteiger partial charge in [0.25, 0.3) is 0 Å². The highest BCUT2D eigenvalue weighted by atomic mass is 15.0. The third-order valence-corrected chi connectivity index (χ3v) is 4.52. The van der Waals surface area contributed by atoms with Gasteiger partial charge in [-0.15, -0.1) is 0 Å². The fourth-order valence-electron chi connectivity index (χ4n) is 3.37. The van der Waals surface area contributed by atoms with E-state index in [9.17, 15) is 0 Å². The molecule has 98 valence electrons. The molecule has 3 aromatic rings. The van der Waals surface area contributed by atoms with Gasteiger partial charge < -0.3 is 4.57 Å². The van der Waals surface area contributed by atoms with Gasteiger partial charge in [0.15, 0.2) is 0 Å². The van der Waals surface area contributed by atoms with Crippen LogP contribution in [0.4, 0.5) is 0 Å². The maximum atomic E-state index is 2.47. The molecule has 4 rings (SSSR count). The van der Waals surface area contributed by atoms with E-state index < -0.39 is 0 Å². The van der Waals surface area contributed by atoms with Gasteiger partial charge in [0.05, 0.1) is 6.04 Å². The minimum absolute atomic E-state index is 0.324. The third kappa shape index (κ3) is 1.44. The molecule has 1 aliphatic rings. The molecular formula is C19H17N. The van der Waals surface area contributed by atoms with Crippen LogP contribution in [0.5, 0.6) is 0 Å². The average Bonchev–Trinajstić information content (AvgIpc) is 3.01. The predicted molar refractivity (Wildman–Crippen MR) is 85.0 cm³/mol. The van der Waals surface area contributed by atoms with Crippen molar-refractivity contribution in [2.75, 3.05) is 0 Å². The molecule has 0 amide bonds. The molecule has 1 heterocycles. The van der Waals surface area contributed by atoms with E-state index in [1.807, 2.05) is 0 Å². The molecule has 1 atom stereocenters. The molecule has 2 aromatic carbocycles. The molecule has 0 N–H and O–H groups in total. The summed E-state index contributed by atoms with van der Waals surface area (Å²) in [4.78, 5) is 0. The van der Waals surface area contributed by atoms with E-state index in [1.165, 1.54) is 33.3 Å². The number of nitrogens with zero attached hydrogens (tertiary/aromatic N) is 1. The first-order valence-electron chi connectivity index (χ1n) is 7.10. The Labute approximate surface area is 119 Å². The SMILES string of the molecule is Cc1c(C)n(C2C=Cc3ccccc32)c2ccccc12. The number of benzene rings is 2. The van der Waals surface area contributed by atoms with Crippen LogP contribution in [0.1, 0.15) is 28.4 Å². The fraction of sp³-hybridized carbons (Fsp3) is 0.158.